The minimum Gasteiger partial charge on any atom is -0.486 e. The highest BCUT2D eigenvalue weighted by molar-refractivity contribution is 7.92. The second-order valence-corrected chi connectivity index (χ2v) is 9.15. The SMILES string of the molecule is CCN(CCNC(=O)c1ccc(NS(=O)(=O)c2ccc3c(c2)OCCO3)cc1)C(C)C. The van der Waals surface area contributed by atoms with Crippen LogP contribution in [0.5, 0.6) is 11.5 Å². The minimum absolute atomic E-state index is 0.0733. The molecule has 168 valence electrons. The van der Waals surface area contributed by atoms with E-state index in [1.807, 2.05) is 0 Å². The number of rotatable bonds is 9. The van der Waals surface area contributed by atoms with Crippen LogP contribution in [-0.2, 0) is 10.0 Å². The lowest BCUT2D eigenvalue weighted by molar-refractivity contribution is 0.0946. The number of hydrogen-bond acceptors (Lipinski definition) is 6. The Balaban J connectivity index is 1.60. The van der Waals surface area contributed by atoms with E-state index in [0.29, 0.717) is 48.6 Å². The number of benzene rings is 2. The zero-order valence-electron chi connectivity index (χ0n) is 18.1. The second kappa shape index (κ2) is 10.0. The molecule has 0 saturated carbocycles. The van der Waals surface area contributed by atoms with Crippen LogP contribution >= 0.6 is 0 Å². The monoisotopic (exact) mass is 447 g/mol. The Bertz CT molecular complexity index is 1010. The molecule has 2 aromatic rings. The van der Waals surface area contributed by atoms with E-state index in [1.165, 1.54) is 12.1 Å². The molecule has 0 saturated heterocycles. The molecule has 0 unspecified atom stereocenters. The fraction of sp³-hybridized carbons (Fsp3) is 0.409. The van der Waals surface area contributed by atoms with Gasteiger partial charge in [-0.2, -0.15) is 0 Å². The molecule has 0 aromatic heterocycles. The number of carbonyl (C=O) groups is 1. The third-order valence-corrected chi connectivity index (χ3v) is 6.42. The van der Waals surface area contributed by atoms with Gasteiger partial charge in [0.15, 0.2) is 11.5 Å². The van der Waals surface area contributed by atoms with Gasteiger partial charge in [0.1, 0.15) is 13.2 Å². The number of anilines is 1. The van der Waals surface area contributed by atoms with Gasteiger partial charge in [-0.25, -0.2) is 8.42 Å². The first-order valence-electron chi connectivity index (χ1n) is 10.3. The van der Waals surface area contributed by atoms with E-state index in [2.05, 4.69) is 35.7 Å². The van der Waals surface area contributed by atoms with Gasteiger partial charge in [0.25, 0.3) is 15.9 Å². The van der Waals surface area contributed by atoms with Gasteiger partial charge in [-0.1, -0.05) is 6.92 Å². The highest BCUT2D eigenvalue weighted by Crippen LogP contribution is 2.32. The molecule has 2 aromatic carbocycles. The summed E-state index contributed by atoms with van der Waals surface area (Å²) in [5, 5.41) is 2.90. The van der Waals surface area contributed by atoms with Crippen molar-refractivity contribution in [1.29, 1.82) is 0 Å². The highest BCUT2D eigenvalue weighted by atomic mass is 32.2. The number of nitrogens with one attached hydrogen (secondary N) is 2. The van der Waals surface area contributed by atoms with Gasteiger partial charge in [-0.15, -0.1) is 0 Å². The van der Waals surface area contributed by atoms with Crippen LogP contribution in [0.1, 0.15) is 31.1 Å². The van der Waals surface area contributed by atoms with Gasteiger partial charge in [-0.3, -0.25) is 14.4 Å². The van der Waals surface area contributed by atoms with Crippen LogP contribution in [0, 0.1) is 0 Å². The Hall–Kier alpha value is -2.78. The predicted octanol–water partition coefficient (Wildman–Crippen LogP) is 2.72. The van der Waals surface area contributed by atoms with E-state index in [9.17, 15) is 13.2 Å². The largest absolute Gasteiger partial charge is 0.486 e. The van der Waals surface area contributed by atoms with Crippen LogP contribution in [0.25, 0.3) is 0 Å². The van der Waals surface area contributed by atoms with Gasteiger partial charge >= 0.3 is 0 Å². The van der Waals surface area contributed by atoms with Crippen molar-refractivity contribution in [2.75, 3.05) is 37.6 Å². The van der Waals surface area contributed by atoms with Crippen LogP contribution < -0.4 is 19.5 Å². The summed E-state index contributed by atoms with van der Waals surface area (Å²) in [5.74, 6) is 0.734. The van der Waals surface area contributed by atoms with Crippen molar-refractivity contribution in [3.63, 3.8) is 0 Å². The molecule has 2 N–H and O–H groups in total. The van der Waals surface area contributed by atoms with Gasteiger partial charge in [0, 0.05) is 36.4 Å². The van der Waals surface area contributed by atoms with Gasteiger partial charge in [0.2, 0.25) is 0 Å². The number of nitrogens with zero attached hydrogens (tertiary/aromatic N) is 1. The van der Waals surface area contributed by atoms with E-state index in [4.69, 9.17) is 9.47 Å². The average Bonchev–Trinajstić information content (AvgIpc) is 2.76. The average molecular weight is 448 g/mol. The van der Waals surface area contributed by atoms with E-state index in [0.717, 1.165) is 13.1 Å². The number of carbonyl (C=O) groups excluding carboxylic acids is 1. The Labute approximate surface area is 183 Å². The van der Waals surface area contributed by atoms with E-state index in [1.54, 1.807) is 30.3 Å². The molecule has 1 aliphatic heterocycles. The Morgan fingerprint density at radius 3 is 2.39 bits per heavy atom. The molecular formula is C22H29N3O5S. The molecule has 0 spiro atoms. The van der Waals surface area contributed by atoms with E-state index < -0.39 is 10.0 Å². The standard InChI is InChI=1S/C22H29N3O5S/c1-4-25(16(2)3)12-11-23-22(26)17-5-7-18(8-6-17)24-31(27,28)19-9-10-20-21(15-19)30-14-13-29-20/h5-10,15-16,24H,4,11-14H2,1-3H3,(H,23,26). The lowest BCUT2D eigenvalue weighted by Gasteiger charge is -2.24. The molecule has 31 heavy (non-hydrogen) atoms. The lowest BCUT2D eigenvalue weighted by Crippen LogP contribution is -2.38. The Morgan fingerprint density at radius 1 is 1.06 bits per heavy atom. The third-order valence-electron chi connectivity index (χ3n) is 5.04. The molecule has 8 nitrogen and oxygen atoms in total. The van der Waals surface area contributed by atoms with Gasteiger partial charge < -0.3 is 14.8 Å². The second-order valence-electron chi connectivity index (χ2n) is 7.47. The molecule has 0 radical (unpaired) electrons. The summed E-state index contributed by atoms with van der Waals surface area (Å²) in [6.45, 7) is 9.38. The van der Waals surface area contributed by atoms with Crippen LogP contribution in [0.2, 0.25) is 0 Å². The van der Waals surface area contributed by atoms with E-state index in [-0.39, 0.29) is 10.8 Å². The first kappa shape index (κ1) is 22.9. The molecular weight excluding hydrogens is 418 g/mol. The zero-order chi connectivity index (χ0) is 22.4. The highest BCUT2D eigenvalue weighted by Gasteiger charge is 2.19. The van der Waals surface area contributed by atoms with Crippen molar-refractivity contribution in [2.24, 2.45) is 0 Å². The summed E-state index contributed by atoms with van der Waals surface area (Å²) in [7, 11) is -3.81. The lowest BCUT2D eigenvalue weighted by atomic mass is 10.2. The molecule has 1 aliphatic rings. The fourth-order valence-electron chi connectivity index (χ4n) is 3.29. The first-order valence-corrected chi connectivity index (χ1v) is 11.8. The van der Waals surface area contributed by atoms with Crippen molar-refractivity contribution >= 4 is 21.6 Å². The number of amides is 1. The smallest absolute Gasteiger partial charge is 0.262 e. The Kier molecular flexibility index (Phi) is 7.40. The topological polar surface area (TPSA) is 97.0 Å². The van der Waals surface area contributed by atoms with Crippen LogP contribution in [0.4, 0.5) is 5.69 Å². The molecule has 0 atom stereocenters. The summed E-state index contributed by atoms with van der Waals surface area (Å²) in [4.78, 5) is 14.7. The van der Waals surface area contributed by atoms with Crippen molar-refractivity contribution in [3.05, 3.63) is 48.0 Å². The summed E-state index contributed by atoms with van der Waals surface area (Å²) < 4.78 is 38.8. The zero-order valence-corrected chi connectivity index (χ0v) is 18.9. The van der Waals surface area contributed by atoms with Crippen LogP contribution in [0.15, 0.2) is 47.4 Å². The summed E-state index contributed by atoms with van der Waals surface area (Å²) in [6, 6.07) is 11.2. The van der Waals surface area contributed by atoms with Crippen molar-refractivity contribution < 1.29 is 22.7 Å². The summed E-state index contributed by atoms with van der Waals surface area (Å²) >= 11 is 0. The molecule has 0 aliphatic carbocycles. The third kappa shape index (κ3) is 5.89. The number of sulfonamides is 1. The van der Waals surface area contributed by atoms with E-state index >= 15 is 0 Å². The maximum atomic E-state index is 12.7. The molecule has 3 rings (SSSR count). The van der Waals surface area contributed by atoms with Crippen molar-refractivity contribution in [2.45, 2.75) is 31.7 Å². The predicted molar refractivity (Wildman–Crippen MR) is 119 cm³/mol. The fourth-order valence-corrected chi connectivity index (χ4v) is 4.36. The molecule has 1 heterocycles. The molecule has 1 amide bonds. The summed E-state index contributed by atoms with van der Waals surface area (Å²) in [5.41, 5.74) is 0.832. The van der Waals surface area contributed by atoms with Crippen LogP contribution in [0.3, 0.4) is 0 Å². The normalized spacial score (nSPS) is 13.3. The van der Waals surface area contributed by atoms with Crippen LogP contribution in [-0.4, -0.2) is 58.1 Å². The van der Waals surface area contributed by atoms with Gasteiger partial charge in [0.05, 0.1) is 4.90 Å². The Morgan fingerprint density at radius 2 is 1.74 bits per heavy atom. The maximum absolute atomic E-state index is 12.7. The molecule has 0 bridgehead atoms. The van der Waals surface area contributed by atoms with Gasteiger partial charge in [-0.05, 0) is 56.8 Å². The summed E-state index contributed by atoms with van der Waals surface area (Å²) in [6.07, 6.45) is 0. The van der Waals surface area contributed by atoms with Crippen molar-refractivity contribution in [1.82, 2.24) is 10.2 Å². The first-order chi connectivity index (χ1) is 14.8. The maximum Gasteiger partial charge on any atom is 0.262 e. The van der Waals surface area contributed by atoms with Crippen molar-refractivity contribution in [3.8, 4) is 11.5 Å². The number of fused-ring (bicyclic) bond motifs is 1. The number of ether oxygens (including phenoxy) is 2. The number of hydrogen-bond donors (Lipinski definition) is 2. The quantitative estimate of drug-likeness (QED) is 0.614. The minimum atomic E-state index is -3.81. The molecule has 0 fully saturated rings. The molecule has 9 heteroatoms. The number of likely N-dealkylation sites (N-methyl/N-ethyl adjacent to an activating group) is 1.